The highest BCUT2D eigenvalue weighted by Gasteiger charge is 2.30. The van der Waals surface area contributed by atoms with Crippen LogP contribution in [0.4, 0.5) is 0 Å². The lowest BCUT2D eigenvalue weighted by atomic mass is 9.96. The number of hydrogen-bond donors (Lipinski definition) is 1. The predicted molar refractivity (Wildman–Crippen MR) is 115 cm³/mol. The number of rotatable bonds is 3. The van der Waals surface area contributed by atoms with Crippen LogP contribution in [0.3, 0.4) is 0 Å². The minimum Gasteiger partial charge on any atom is -0.472 e. The van der Waals surface area contributed by atoms with Crippen LogP contribution >= 0.6 is 0 Å². The second-order valence-electron chi connectivity index (χ2n) is 7.69. The van der Waals surface area contributed by atoms with Crippen LogP contribution in [0.2, 0.25) is 0 Å². The van der Waals surface area contributed by atoms with Crippen molar-refractivity contribution in [3.05, 3.63) is 83.7 Å². The smallest absolute Gasteiger partial charge is 0.340 e. The maximum atomic E-state index is 13.1. The second-order valence-corrected chi connectivity index (χ2v) is 7.69. The fourth-order valence-corrected chi connectivity index (χ4v) is 4.75. The standard InChI is InChI=1S/C25H20N2O3/c1-2-30-25(28)24-20(17-8-7-15-14-29-10-9-16(15)17)12-27-13-22-19(11-23(24)27)18-5-3-4-6-21(18)26-22/h3-10,12,14,26H,2,11,13H2,1H3. The van der Waals surface area contributed by atoms with Crippen LogP contribution in [0.5, 0.6) is 0 Å². The Bertz CT molecular complexity index is 1380. The first-order valence-electron chi connectivity index (χ1n) is 10.2. The van der Waals surface area contributed by atoms with Gasteiger partial charge in [-0.2, -0.15) is 0 Å². The summed E-state index contributed by atoms with van der Waals surface area (Å²) in [6, 6.07) is 14.4. The molecule has 0 bridgehead atoms. The summed E-state index contributed by atoms with van der Waals surface area (Å²) >= 11 is 0. The minimum absolute atomic E-state index is 0.264. The molecule has 0 radical (unpaired) electrons. The summed E-state index contributed by atoms with van der Waals surface area (Å²) < 4.78 is 13.0. The van der Waals surface area contributed by atoms with Gasteiger partial charge in [0.2, 0.25) is 0 Å². The van der Waals surface area contributed by atoms with Crippen molar-refractivity contribution in [3.8, 4) is 22.3 Å². The molecule has 0 fully saturated rings. The van der Waals surface area contributed by atoms with Gasteiger partial charge in [0.25, 0.3) is 0 Å². The molecule has 148 valence electrons. The van der Waals surface area contributed by atoms with Crippen molar-refractivity contribution < 1.29 is 13.9 Å². The summed E-state index contributed by atoms with van der Waals surface area (Å²) in [5.74, 6) is -0.264. The minimum atomic E-state index is -0.264. The summed E-state index contributed by atoms with van der Waals surface area (Å²) in [5.41, 5.74) is 9.31. The Morgan fingerprint density at radius 1 is 1.13 bits per heavy atom. The maximum absolute atomic E-state index is 13.1. The van der Waals surface area contributed by atoms with Gasteiger partial charge >= 0.3 is 5.97 Å². The molecule has 1 aliphatic carbocycles. The molecule has 0 saturated carbocycles. The number of hydrogen-bond acceptors (Lipinski definition) is 3. The molecule has 0 spiro atoms. The van der Waals surface area contributed by atoms with Crippen molar-refractivity contribution in [2.75, 3.05) is 6.61 Å². The lowest BCUT2D eigenvalue weighted by Crippen LogP contribution is -2.16. The van der Waals surface area contributed by atoms with Crippen molar-refractivity contribution in [2.45, 2.75) is 19.9 Å². The van der Waals surface area contributed by atoms with Crippen LogP contribution in [0.25, 0.3) is 33.2 Å². The van der Waals surface area contributed by atoms with Crippen LogP contribution < -0.4 is 0 Å². The molecule has 5 nitrogen and oxygen atoms in total. The molecule has 4 heterocycles. The van der Waals surface area contributed by atoms with E-state index in [9.17, 15) is 4.79 Å². The monoisotopic (exact) mass is 396 g/mol. The molecule has 3 aromatic rings. The molecule has 6 rings (SSSR count). The number of aromatic nitrogens is 2. The summed E-state index contributed by atoms with van der Waals surface area (Å²) in [7, 11) is 0. The third kappa shape index (κ3) is 2.38. The van der Waals surface area contributed by atoms with Crippen molar-refractivity contribution in [2.24, 2.45) is 0 Å². The van der Waals surface area contributed by atoms with E-state index in [0.717, 1.165) is 33.5 Å². The molecule has 30 heavy (non-hydrogen) atoms. The summed E-state index contributed by atoms with van der Waals surface area (Å²) in [6.07, 6.45) is 6.19. The Balaban J connectivity index is 1.55. The highest BCUT2D eigenvalue weighted by Crippen LogP contribution is 2.41. The quantitative estimate of drug-likeness (QED) is 0.404. The van der Waals surface area contributed by atoms with E-state index in [1.165, 1.54) is 16.6 Å². The van der Waals surface area contributed by atoms with Crippen LogP contribution in [-0.2, 0) is 17.7 Å². The lowest BCUT2D eigenvalue weighted by molar-refractivity contribution is 0.0526. The van der Waals surface area contributed by atoms with Crippen molar-refractivity contribution in [3.63, 3.8) is 0 Å². The number of carbonyl (C=O) groups is 1. The number of esters is 1. The van der Waals surface area contributed by atoms with E-state index >= 15 is 0 Å². The lowest BCUT2D eigenvalue weighted by Gasteiger charge is -2.17. The van der Waals surface area contributed by atoms with E-state index in [2.05, 4.69) is 40.0 Å². The summed E-state index contributed by atoms with van der Waals surface area (Å²) in [6.45, 7) is 2.90. The number of carbonyl (C=O) groups excluding carboxylic acids is 1. The van der Waals surface area contributed by atoms with Gasteiger partial charge in [0.1, 0.15) is 0 Å². The largest absolute Gasteiger partial charge is 0.472 e. The number of benzene rings is 1. The molecule has 5 heteroatoms. The van der Waals surface area contributed by atoms with Gasteiger partial charge in [-0.05, 0) is 35.7 Å². The zero-order chi connectivity index (χ0) is 20.2. The summed E-state index contributed by atoms with van der Waals surface area (Å²) in [4.78, 5) is 16.6. The van der Waals surface area contributed by atoms with Crippen LogP contribution in [0, 0.1) is 0 Å². The second kappa shape index (κ2) is 6.39. The average molecular weight is 396 g/mol. The third-order valence-electron chi connectivity index (χ3n) is 6.07. The number of nitrogens with zero attached hydrogens (tertiary/aromatic N) is 1. The zero-order valence-electron chi connectivity index (χ0n) is 16.6. The van der Waals surface area contributed by atoms with E-state index in [4.69, 9.17) is 9.15 Å². The van der Waals surface area contributed by atoms with Crippen molar-refractivity contribution >= 4 is 16.9 Å². The maximum Gasteiger partial charge on any atom is 0.340 e. The highest BCUT2D eigenvalue weighted by molar-refractivity contribution is 6.02. The Labute approximate surface area is 173 Å². The molecule has 0 atom stereocenters. The number of H-pyrrole nitrogens is 1. The molecule has 1 aromatic carbocycles. The molecular weight excluding hydrogens is 376 g/mol. The molecular formula is C25H20N2O3. The van der Waals surface area contributed by atoms with Gasteiger partial charge < -0.3 is 18.7 Å². The average Bonchev–Trinajstić information content (AvgIpc) is 3.44. The van der Waals surface area contributed by atoms with E-state index in [1.54, 1.807) is 12.5 Å². The zero-order valence-corrected chi connectivity index (χ0v) is 16.6. The van der Waals surface area contributed by atoms with Crippen molar-refractivity contribution in [1.29, 1.82) is 0 Å². The first-order chi connectivity index (χ1) is 14.7. The Morgan fingerprint density at radius 3 is 2.93 bits per heavy atom. The topological polar surface area (TPSA) is 60.2 Å². The van der Waals surface area contributed by atoms with E-state index < -0.39 is 0 Å². The van der Waals surface area contributed by atoms with Crippen LogP contribution in [-0.4, -0.2) is 22.1 Å². The molecule has 0 saturated heterocycles. The van der Waals surface area contributed by atoms with Gasteiger partial charge in [-0.1, -0.05) is 30.3 Å². The molecule has 3 aliphatic rings. The van der Waals surface area contributed by atoms with Gasteiger partial charge in [-0.15, -0.1) is 0 Å². The van der Waals surface area contributed by atoms with Crippen molar-refractivity contribution in [1.82, 2.24) is 9.55 Å². The number of para-hydroxylation sites is 1. The molecule has 0 unspecified atom stereocenters. The number of nitrogens with one attached hydrogen (secondary N) is 1. The molecule has 0 amide bonds. The summed E-state index contributed by atoms with van der Waals surface area (Å²) in [5, 5.41) is 1.22. The fourth-order valence-electron chi connectivity index (χ4n) is 4.75. The first-order valence-corrected chi connectivity index (χ1v) is 10.2. The molecule has 2 aliphatic heterocycles. The Hall–Kier alpha value is -3.73. The van der Waals surface area contributed by atoms with E-state index in [0.29, 0.717) is 25.1 Å². The van der Waals surface area contributed by atoms with Gasteiger partial charge in [-0.3, -0.25) is 0 Å². The number of fused-ring (bicyclic) bond motifs is 5. The van der Waals surface area contributed by atoms with Gasteiger partial charge in [0.05, 0.1) is 31.2 Å². The normalized spacial score (nSPS) is 12.8. The third-order valence-corrected chi connectivity index (χ3v) is 6.07. The van der Waals surface area contributed by atoms with Gasteiger partial charge in [0.15, 0.2) is 0 Å². The first kappa shape index (κ1) is 17.2. The van der Waals surface area contributed by atoms with Crippen LogP contribution in [0.15, 0.2) is 65.6 Å². The van der Waals surface area contributed by atoms with E-state index in [1.807, 2.05) is 25.1 Å². The van der Waals surface area contributed by atoms with Crippen LogP contribution in [0.1, 0.15) is 34.2 Å². The SMILES string of the molecule is CCOC(=O)c1c(-c2ccc3coccc2-3)cn2c1Cc1c([nH]c3ccccc13)C2. The molecule has 2 aromatic heterocycles. The highest BCUT2D eigenvalue weighted by atomic mass is 16.5. The van der Waals surface area contributed by atoms with E-state index in [-0.39, 0.29) is 5.97 Å². The Kier molecular flexibility index (Phi) is 3.65. The predicted octanol–water partition coefficient (Wildman–Crippen LogP) is 5.46. The van der Waals surface area contributed by atoms with Gasteiger partial charge in [-0.25, -0.2) is 4.79 Å². The van der Waals surface area contributed by atoms with Gasteiger partial charge in [0, 0.05) is 46.0 Å². The number of aromatic amines is 1. The number of ether oxygens (including phenoxy) is 1. The fraction of sp³-hybridized carbons (Fsp3) is 0.160. The molecule has 1 N–H and O–H groups in total. The Morgan fingerprint density at radius 2 is 2.03 bits per heavy atom.